The van der Waals surface area contributed by atoms with Crippen molar-refractivity contribution in [3.8, 4) is 0 Å². The van der Waals surface area contributed by atoms with Gasteiger partial charge in [-0.2, -0.15) is 0 Å². The Morgan fingerprint density at radius 1 is 1.11 bits per heavy atom. The Labute approximate surface area is 207 Å². The summed E-state index contributed by atoms with van der Waals surface area (Å²) in [6.07, 6.45) is 9.40. The van der Waals surface area contributed by atoms with Crippen LogP contribution in [-0.4, -0.2) is 46.1 Å². The minimum atomic E-state index is -0.249. The Kier molecular flexibility index (Phi) is 7.28. The van der Waals surface area contributed by atoms with Crippen molar-refractivity contribution in [3.05, 3.63) is 59.4 Å². The maximum Gasteiger partial charge on any atom is 0.151 e. The van der Waals surface area contributed by atoms with Gasteiger partial charge in [0.25, 0.3) is 0 Å². The first-order valence-electron chi connectivity index (χ1n) is 13.2. The number of H-pyrrole nitrogens is 1. The number of piperidine rings is 1. The van der Waals surface area contributed by atoms with Gasteiger partial charge in [0.05, 0.1) is 6.04 Å². The molecule has 0 saturated carbocycles. The molecule has 1 atom stereocenters. The zero-order valence-electron chi connectivity index (χ0n) is 20.7. The highest BCUT2D eigenvalue weighted by atomic mass is 16.1. The molecule has 3 aromatic rings. The van der Waals surface area contributed by atoms with Crippen LogP contribution in [0.5, 0.6) is 0 Å². The average Bonchev–Trinajstić information content (AvgIpc) is 3.30. The normalized spacial score (nSPS) is 17.6. The highest BCUT2D eigenvalue weighted by Crippen LogP contribution is 2.33. The van der Waals surface area contributed by atoms with Gasteiger partial charge in [-0.05, 0) is 82.7 Å². The van der Waals surface area contributed by atoms with E-state index >= 15 is 0 Å². The van der Waals surface area contributed by atoms with Crippen molar-refractivity contribution in [1.29, 1.82) is 0 Å². The molecule has 1 fully saturated rings. The summed E-state index contributed by atoms with van der Waals surface area (Å²) in [6.45, 7) is 4.25. The van der Waals surface area contributed by atoms with Gasteiger partial charge in [-0.3, -0.25) is 14.5 Å². The van der Waals surface area contributed by atoms with Crippen LogP contribution >= 0.6 is 0 Å². The maximum atomic E-state index is 12.9. The molecular weight excluding hydrogens is 436 g/mol. The summed E-state index contributed by atoms with van der Waals surface area (Å²) in [5.74, 6) is 1.71. The van der Waals surface area contributed by atoms with Crippen LogP contribution in [0.15, 0.2) is 42.6 Å². The van der Waals surface area contributed by atoms with E-state index < -0.39 is 0 Å². The third-order valence-corrected chi connectivity index (χ3v) is 7.71. The monoisotopic (exact) mass is 472 g/mol. The lowest BCUT2D eigenvalue weighted by Gasteiger charge is -2.36. The van der Waals surface area contributed by atoms with Crippen molar-refractivity contribution in [1.82, 2.24) is 14.9 Å². The highest BCUT2D eigenvalue weighted by molar-refractivity contribution is 5.91. The molecule has 35 heavy (non-hydrogen) atoms. The summed E-state index contributed by atoms with van der Waals surface area (Å²) < 4.78 is 0. The first-order valence-corrected chi connectivity index (χ1v) is 13.2. The molecule has 1 unspecified atom stereocenters. The van der Waals surface area contributed by atoms with Gasteiger partial charge in [-0.1, -0.05) is 24.3 Å². The lowest BCUT2D eigenvalue weighted by Crippen LogP contribution is -2.41. The van der Waals surface area contributed by atoms with E-state index in [-0.39, 0.29) is 17.7 Å². The number of nitrogens with zero attached hydrogens (tertiary/aromatic N) is 2. The Morgan fingerprint density at radius 2 is 1.94 bits per heavy atom. The number of fused-ring (bicyclic) bond motifs is 2. The van der Waals surface area contributed by atoms with Crippen LogP contribution in [0.3, 0.4) is 0 Å². The molecule has 1 saturated heterocycles. The Hall–Kier alpha value is -2.99. The van der Waals surface area contributed by atoms with Gasteiger partial charge < -0.3 is 10.3 Å². The molecule has 0 bridgehead atoms. The van der Waals surface area contributed by atoms with Crippen molar-refractivity contribution in [3.63, 3.8) is 0 Å². The Balaban J connectivity index is 1.10. The van der Waals surface area contributed by atoms with E-state index in [4.69, 9.17) is 4.98 Å². The standard InChI is InChI=1S/C29H36N4O2/c1-20(34)28(25-19-31-26-10-4-3-9-24(25)26)33-17-14-21(15-18-33)27(35)11-5-2-8-23-13-12-22-7-6-16-30-29(22)32-23/h3-4,9-10,12-13,19,21,28,31H,2,5-8,11,14-18H2,1H3,(H,30,32). The second-order valence-corrected chi connectivity index (χ2v) is 10.1. The van der Waals surface area contributed by atoms with Crippen molar-refractivity contribution >= 4 is 28.3 Å². The molecule has 2 aliphatic heterocycles. The van der Waals surface area contributed by atoms with Crippen LogP contribution in [0.25, 0.3) is 10.9 Å². The molecule has 5 rings (SSSR count). The predicted molar refractivity (Wildman–Crippen MR) is 140 cm³/mol. The van der Waals surface area contributed by atoms with Crippen molar-refractivity contribution < 1.29 is 9.59 Å². The van der Waals surface area contributed by atoms with E-state index in [1.54, 1.807) is 6.92 Å². The predicted octanol–water partition coefficient (Wildman–Crippen LogP) is 5.25. The molecule has 2 aliphatic rings. The minimum absolute atomic E-state index is 0.118. The first-order chi connectivity index (χ1) is 17.1. The minimum Gasteiger partial charge on any atom is -0.370 e. The zero-order chi connectivity index (χ0) is 24.2. The summed E-state index contributed by atoms with van der Waals surface area (Å²) in [5.41, 5.74) is 4.54. The summed E-state index contributed by atoms with van der Waals surface area (Å²) in [7, 11) is 0. The SMILES string of the molecule is CC(=O)C(c1c[nH]c2ccccc12)N1CCC(C(=O)CCCCc2ccc3c(n2)NCCC3)CC1. The molecule has 0 radical (unpaired) electrons. The highest BCUT2D eigenvalue weighted by Gasteiger charge is 2.32. The number of pyridine rings is 1. The molecule has 0 aliphatic carbocycles. The lowest BCUT2D eigenvalue weighted by atomic mass is 9.88. The number of carbonyl (C=O) groups is 2. The molecule has 6 nitrogen and oxygen atoms in total. The smallest absolute Gasteiger partial charge is 0.151 e. The van der Waals surface area contributed by atoms with Gasteiger partial charge >= 0.3 is 0 Å². The van der Waals surface area contributed by atoms with Gasteiger partial charge in [0, 0.05) is 47.2 Å². The van der Waals surface area contributed by atoms with Crippen LogP contribution in [0.1, 0.15) is 68.3 Å². The lowest BCUT2D eigenvalue weighted by molar-refractivity contribution is -0.126. The molecule has 2 aromatic heterocycles. The van der Waals surface area contributed by atoms with Gasteiger partial charge in [-0.15, -0.1) is 0 Å². The van der Waals surface area contributed by atoms with Crippen LogP contribution in [-0.2, 0) is 22.4 Å². The van der Waals surface area contributed by atoms with Crippen LogP contribution < -0.4 is 5.32 Å². The van der Waals surface area contributed by atoms with E-state index in [0.717, 1.165) is 86.1 Å². The molecule has 184 valence electrons. The number of unbranched alkanes of at least 4 members (excludes halogenated alkanes) is 1. The number of aryl methyl sites for hydroxylation is 2. The van der Waals surface area contributed by atoms with Gasteiger partial charge in [-0.25, -0.2) is 4.98 Å². The Bertz CT molecular complexity index is 1190. The third kappa shape index (κ3) is 5.32. The van der Waals surface area contributed by atoms with E-state index in [1.807, 2.05) is 24.4 Å². The topological polar surface area (TPSA) is 78.1 Å². The zero-order valence-corrected chi connectivity index (χ0v) is 20.7. The summed E-state index contributed by atoms with van der Waals surface area (Å²) >= 11 is 0. The average molecular weight is 473 g/mol. The van der Waals surface area contributed by atoms with E-state index in [9.17, 15) is 9.59 Å². The number of hydrogen-bond acceptors (Lipinski definition) is 5. The van der Waals surface area contributed by atoms with Gasteiger partial charge in [0.2, 0.25) is 0 Å². The Morgan fingerprint density at radius 3 is 2.77 bits per heavy atom. The quantitative estimate of drug-likeness (QED) is 0.416. The van der Waals surface area contributed by atoms with Crippen LogP contribution in [0.2, 0.25) is 0 Å². The van der Waals surface area contributed by atoms with E-state index in [2.05, 4.69) is 33.4 Å². The summed E-state index contributed by atoms with van der Waals surface area (Å²) in [6, 6.07) is 12.2. The largest absolute Gasteiger partial charge is 0.370 e. The second-order valence-electron chi connectivity index (χ2n) is 10.1. The first kappa shape index (κ1) is 23.7. The van der Waals surface area contributed by atoms with Crippen molar-refractivity contribution in [2.75, 3.05) is 25.0 Å². The fourth-order valence-corrected chi connectivity index (χ4v) is 5.79. The van der Waals surface area contributed by atoms with Gasteiger partial charge in [0.1, 0.15) is 11.6 Å². The van der Waals surface area contributed by atoms with Crippen LogP contribution in [0, 0.1) is 5.92 Å². The van der Waals surface area contributed by atoms with Crippen molar-refractivity contribution in [2.24, 2.45) is 5.92 Å². The molecular formula is C29H36N4O2. The molecule has 0 amide bonds. The van der Waals surface area contributed by atoms with Gasteiger partial charge in [0.15, 0.2) is 5.78 Å². The number of ketones is 2. The number of likely N-dealkylation sites (tertiary alicyclic amines) is 1. The fraction of sp³-hybridized carbons (Fsp3) is 0.483. The van der Waals surface area contributed by atoms with E-state index in [1.165, 1.54) is 12.0 Å². The van der Waals surface area contributed by atoms with Crippen LogP contribution in [0.4, 0.5) is 5.82 Å². The molecule has 4 heterocycles. The third-order valence-electron chi connectivity index (χ3n) is 7.71. The number of hydrogen-bond donors (Lipinski definition) is 2. The fourth-order valence-electron chi connectivity index (χ4n) is 5.79. The number of Topliss-reactive ketones (excluding diaryl/α,β-unsaturated/α-hetero) is 2. The number of anilines is 1. The molecule has 1 aromatic carbocycles. The number of aromatic amines is 1. The molecule has 0 spiro atoms. The number of nitrogens with one attached hydrogen (secondary N) is 2. The number of aromatic nitrogens is 2. The summed E-state index contributed by atoms with van der Waals surface area (Å²) in [4.78, 5) is 35.9. The summed E-state index contributed by atoms with van der Waals surface area (Å²) in [5, 5.41) is 4.51. The van der Waals surface area contributed by atoms with Crippen molar-refractivity contribution in [2.45, 2.75) is 64.3 Å². The molecule has 2 N–H and O–H groups in total. The number of rotatable bonds is 9. The number of benzene rings is 1. The van der Waals surface area contributed by atoms with E-state index in [0.29, 0.717) is 12.2 Å². The second kappa shape index (κ2) is 10.7. The maximum absolute atomic E-state index is 12.9. The number of para-hydroxylation sites is 1. The molecule has 6 heteroatoms. The number of carbonyl (C=O) groups excluding carboxylic acids is 2.